The van der Waals surface area contributed by atoms with E-state index >= 15 is 0 Å². The number of aryl methyl sites for hydroxylation is 1. The molecule has 1 aromatic carbocycles. The zero-order valence-corrected chi connectivity index (χ0v) is 11.2. The van der Waals surface area contributed by atoms with Crippen LogP contribution in [0, 0.1) is 0 Å². The number of amides is 1. The van der Waals surface area contributed by atoms with Crippen molar-refractivity contribution in [2.45, 2.75) is 12.8 Å². The molecule has 0 aromatic heterocycles. The summed E-state index contributed by atoms with van der Waals surface area (Å²) in [6.07, 6.45) is 2.75. The van der Waals surface area contributed by atoms with Crippen molar-refractivity contribution >= 4 is 21.4 Å². The van der Waals surface area contributed by atoms with Crippen LogP contribution in [-0.4, -0.2) is 32.9 Å². The summed E-state index contributed by atoms with van der Waals surface area (Å²) in [5.41, 5.74) is 7.10. The van der Waals surface area contributed by atoms with E-state index in [9.17, 15) is 13.2 Å². The maximum Gasteiger partial charge on any atom is 0.239 e. The van der Waals surface area contributed by atoms with E-state index in [1.165, 1.54) is 0 Å². The molecule has 5 nitrogen and oxygen atoms in total. The van der Waals surface area contributed by atoms with Gasteiger partial charge in [0.15, 0.2) is 9.84 Å². The van der Waals surface area contributed by atoms with Gasteiger partial charge in [-0.05, 0) is 37.1 Å². The summed E-state index contributed by atoms with van der Waals surface area (Å²) < 4.78 is 21.9. The lowest BCUT2D eigenvalue weighted by atomic mass is 10.1. The van der Waals surface area contributed by atoms with Crippen molar-refractivity contribution in [2.75, 3.05) is 23.9 Å². The molecule has 3 N–H and O–H groups in total. The number of rotatable bonds is 6. The zero-order valence-electron chi connectivity index (χ0n) is 10.3. The van der Waals surface area contributed by atoms with Crippen molar-refractivity contribution in [3.05, 3.63) is 29.8 Å². The van der Waals surface area contributed by atoms with Crippen LogP contribution in [0.2, 0.25) is 0 Å². The highest BCUT2D eigenvalue weighted by Crippen LogP contribution is 2.12. The van der Waals surface area contributed by atoms with Crippen LogP contribution < -0.4 is 11.1 Å². The van der Waals surface area contributed by atoms with Crippen molar-refractivity contribution < 1.29 is 13.2 Å². The number of anilines is 1. The Kier molecular flexibility index (Phi) is 5.30. The number of hydrogen-bond acceptors (Lipinski definition) is 4. The first-order valence-corrected chi connectivity index (χ1v) is 7.73. The van der Waals surface area contributed by atoms with Gasteiger partial charge < -0.3 is 11.1 Å². The molecule has 6 heteroatoms. The van der Waals surface area contributed by atoms with Gasteiger partial charge in [0.25, 0.3) is 0 Å². The second-order valence-electron chi connectivity index (χ2n) is 4.21. The molecule has 0 aliphatic carbocycles. The standard InChI is InChI=1S/C12H18N2O3S/c1-18(16,17)9-12(15)14-11-6-2-4-10(8-11)5-3-7-13/h2,4,6,8H,3,5,7,9,13H2,1H3,(H,14,15). The van der Waals surface area contributed by atoms with E-state index in [0.29, 0.717) is 12.2 Å². The van der Waals surface area contributed by atoms with Gasteiger partial charge in [-0.25, -0.2) is 8.42 Å². The second kappa shape index (κ2) is 6.51. The number of hydrogen-bond donors (Lipinski definition) is 2. The summed E-state index contributed by atoms with van der Waals surface area (Å²) >= 11 is 0. The maximum atomic E-state index is 11.4. The highest BCUT2D eigenvalue weighted by Gasteiger charge is 2.10. The SMILES string of the molecule is CS(=O)(=O)CC(=O)Nc1cccc(CCCN)c1. The van der Waals surface area contributed by atoms with Crippen LogP contribution in [0.4, 0.5) is 5.69 Å². The lowest BCUT2D eigenvalue weighted by Gasteiger charge is -2.06. The Morgan fingerprint density at radius 3 is 2.72 bits per heavy atom. The molecular weight excluding hydrogens is 252 g/mol. The molecular formula is C12H18N2O3S. The second-order valence-corrected chi connectivity index (χ2v) is 6.35. The highest BCUT2D eigenvalue weighted by atomic mass is 32.2. The first-order chi connectivity index (χ1) is 8.40. The summed E-state index contributed by atoms with van der Waals surface area (Å²) in [6.45, 7) is 0.616. The van der Waals surface area contributed by atoms with Crippen LogP contribution in [-0.2, 0) is 21.1 Å². The molecule has 0 heterocycles. The van der Waals surface area contributed by atoms with E-state index in [1.54, 1.807) is 6.07 Å². The number of nitrogens with one attached hydrogen (secondary N) is 1. The van der Waals surface area contributed by atoms with E-state index in [2.05, 4.69) is 5.32 Å². The minimum atomic E-state index is -3.30. The summed E-state index contributed by atoms with van der Waals surface area (Å²) in [6, 6.07) is 7.33. The van der Waals surface area contributed by atoms with Crippen LogP contribution in [0.3, 0.4) is 0 Å². The molecule has 0 spiro atoms. The third kappa shape index (κ3) is 5.79. The maximum absolute atomic E-state index is 11.4. The van der Waals surface area contributed by atoms with E-state index < -0.39 is 21.5 Å². The van der Waals surface area contributed by atoms with Gasteiger partial charge in [-0.3, -0.25) is 4.79 Å². The Morgan fingerprint density at radius 2 is 2.11 bits per heavy atom. The molecule has 0 atom stereocenters. The number of nitrogens with two attached hydrogens (primary N) is 1. The predicted octanol–water partition coefficient (Wildman–Crippen LogP) is 0.561. The lowest BCUT2D eigenvalue weighted by Crippen LogP contribution is -2.21. The van der Waals surface area contributed by atoms with Crippen LogP contribution in [0.1, 0.15) is 12.0 Å². The van der Waals surface area contributed by atoms with E-state index in [0.717, 1.165) is 24.7 Å². The van der Waals surface area contributed by atoms with Gasteiger partial charge >= 0.3 is 0 Å². The van der Waals surface area contributed by atoms with Crippen LogP contribution >= 0.6 is 0 Å². The third-order valence-corrected chi connectivity index (χ3v) is 3.06. The molecule has 0 aliphatic heterocycles. The van der Waals surface area contributed by atoms with Crippen LogP contribution in [0.5, 0.6) is 0 Å². The molecule has 0 aliphatic rings. The number of sulfone groups is 1. The molecule has 18 heavy (non-hydrogen) atoms. The molecule has 0 fully saturated rings. The molecule has 0 radical (unpaired) electrons. The van der Waals surface area contributed by atoms with E-state index in [-0.39, 0.29) is 0 Å². The molecule has 0 saturated heterocycles. The largest absolute Gasteiger partial charge is 0.330 e. The smallest absolute Gasteiger partial charge is 0.239 e. The molecule has 0 bridgehead atoms. The Balaban J connectivity index is 2.64. The molecule has 1 aromatic rings. The number of carbonyl (C=O) groups excluding carboxylic acids is 1. The number of benzene rings is 1. The van der Waals surface area contributed by atoms with E-state index in [1.807, 2.05) is 18.2 Å². The van der Waals surface area contributed by atoms with Crippen molar-refractivity contribution in [3.63, 3.8) is 0 Å². The normalized spacial score (nSPS) is 11.2. The fourth-order valence-electron chi connectivity index (χ4n) is 1.55. The van der Waals surface area contributed by atoms with E-state index in [4.69, 9.17) is 5.73 Å². The first-order valence-electron chi connectivity index (χ1n) is 5.67. The van der Waals surface area contributed by atoms with Crippen molar-refractivity contribution in [3.8, 4) is 0 Å². The summed E-state index contributed by atoms with van der Waals surface area (Å²) in [4.78, 5) is 11.4. The van der Waals surface area contributed by atoms with Gasteiger partial charge in [0, 0.05) is 11.9 Å². The average molecular weight is 270 g/mol. The quantitative estimate of drug-likeness (QED) is 0.790. The van der Waals surface area contributed by atoms with Gasteiger partial charge in [-0.2, -0.15) is 0 Å². The fraction of sp³-hybridized carbons (Fsp3) is 0.417. The Hall–Kier alpha value is -1.40. The molecule has 0 unspecified atom stereocenters. The minimum absolute atomic E-state index is 0.500. The van der Waals surface area contributed by atoms with Gasteiger partial charge in [-0.1, -0.05) is 12.1 Å². The van der Waals surface area contributed by atoms with Gasteiger partial charge in [-0.15, -0.1) is 0 Å². The van der Waals surface area contributed by atoms with Crippen molar-refractivity contribution in [1.82, 2.24) is 0 Å². The lowest BCUT2D eigenvalue weighted by molar-refractivity contribution is -0.113. The third-order valence-electron chi connectivity index (χ3n) is 2.27. The summed E-state index contributed by atoms with van der Waals surface area (Å²) in [7, 11) is -3.30. The highest BCUT2D eigenvalue weighted by molar-refractivity contribution is 7.91. The Labute approximate surface area is 107 Å². The molecule has 1 amide bonds. The molecule has 0 saturated carbocycles. The molecule has 1 rings (SSSR count). The first kappa shape index (κ1) is 14.7. The summed E-state index contributed by atoms with van der Waals surface area (Å²) in [5.74, 6) is -1.02. The molecule has 100 valence electrons. The van der Waals surface area contributed by atoms with Gasteiger partial charge in [0.2, 0.25) is 5.91 Å². The van der Waals surface area contributed by atoms with Gasteiger partial charge in [0.1, 0.15) is 5.75 Å². The van der Waals surface area contributed by atoms with Gasteiger partial charge in [0.05, 0.1) is 0 Å². The topological polar surface area (TPSA) is 89.3 Å². The Bertz CT molecular complexity index is 512. The fourth-order valence-corrected chi connectivity index (χ4v) is 2.09. The minimum Gasteiger partial charge on any atom is -0.330 e. The number of carbonyl (C=O) groups is 1. The average Bonchev–Trinajstić information content (AvgIpc) is 2.24. The zero-order chi connectivity index (χ0) is 13.6. The predicted molar refractivity (Wildman–Crippen MR) is 72.2 cm³/mol. The monoisotopic (exact) mass is 270 g/mol. The van der Waals surface area contributed by atoms with Crippen LogP contribution in [0.15, 0.2) is 24.3 Å². The van der Waals surface area contributed by atoms with Crippen LogP contribution in [0.25, 0.3) is 0 Å². The van der Waals surface area contributed by atoms with Crippen molar-refractivity contribution in [2.24, 2.45) is 5.73 Å². The Morgan fingerprint density at radius 1 is 1.39 bits per heavy atom. The summed E-state index contributed by atoms with van der Waals surface area (Å²) in [5, 5.41) is 2.57. The van der Waals surface area contributed by atoms with Crippen molar-refractivity contribution in [1.29, 1.82) is 0 Å².